The lowest BCUT2D eigenvalue weighted by Crippen LogP contribution is -2.42. The molecule has 40 heavy (non-hydrogen) atoms. The number of methoxy groups -OCH3 is 2. The van der Waals surface area contributed by atoms with Gasteiger partial charge >= 0.3 is 0 Å². The Morgan fingerprint density at radius 1 is 1.07 bits per heavy atom. The fourth-order valence-electron chi connectivity index (χ4n) is 4.89. The molecule has 0 saturated heterocycles. The van der Waals surface area contributed by atoms with Gasteiger partial charge in [0.1, 0.15) is 11.5 Å². The van der Waals surface area contributed by atoms with Gasteiger partial charge in [-0.3, -0.25) is 19.2 Å². The van der Waals surface area contributed by atoms with Crippen LogP contribution in [0.5, 0.6) is 11.5 Å². The molecule has 8 nitrogen and oxygen atoms in total. The van der Waals surface area contributed by atoms with Gasteiger partial charge in [0.15, 0.2) is 23.0 Å². The lowest BCUT2D eigenvalue weighted by molar-refractivity contribution is -0.132. The molecule has 1 unspecified atom stereocenters. The van der Waals surface area contributed by atoms with Crippen molar-refractivity contribution in [1.82, 2.24) is 4.57 Å². The number of pyridine rings is 1. The average Bonchev–Trinajstić information content (AvgIpc) is 2.90. The molecule has 210 valence electrons. The van der Waals surface area contributed by atoms with Gasteiger partial charge in [0, 0.05) is 54.3 Å². The number of ether oxygens (including phenoxy) is 3. The number of ketones is 3. The van der Waals surface area contributed by atoms with E-state index in [2.05, 4.69) is 0 Å². The highest BCUT2D eigenvalue weighted by atomic mass is 35.5. The molecule has 9 heteroatoms. The summed E-state index contributed by atoms with van der Waals surface area (Å²) in [4.78, 5) is 51.8. The Morgan fingerprint density at radius 2 is 1.82 bits per heavy atom. The van der Waals surface area contributed by atoms with Crippen molar-refractivity contribution in [2.24, 2.45) is 0 Å². The summed E-state index contributed by atoms with van der Waals surface area (Å²) in [5.74, 6) is 0.509. The van der Waals surface area contributed by atoms with Crippen molar-refractivity contribution in [3.63, 3.8) is 0 Å². The number of carbonyl (C=O) groups excluding carboxylic acids is 3. The summed E-state index contributed by atoms with van der Waals surface area (Å²) in [6, 6.07) is 10.7. The van der Waals surface area contributed by atoms with Gasteiger partial charge in [-0.05, 0) is 62.6 Å². The molecule has 0 radical (unpaired) electrons. The minimum atomic E-state index is -0.891. The second kappa shape index (κ2) is 11.8. The fourth-order valence-corrected chi connectivity index (χ4v) is 5.07. The first-order valence-electron chi connectivity index (χ1n) is 12.9. The van der Waals surface area contributed by atoms with Gasteiger partial charge in [-0.15, -0.1) is 0 Å². The minimum Gasteiger partial charge on any atom is -0.495 e. The van der Waals surface area contributed by atoms with Crippen LogP contribution < -0.4 is 15.0 Å². The van der Waals surface area contributed by atoms with E-state index in [9.17, 15) is 19.2 Å². The Morgan fingerprint density at radius 3 is 2.50 bits per heavy atom. The number of Topliss-reactive ketones (excluding diaryl/α,β-unsaturated/α-hetero) is 3. The SMILES string of the molecule is COCCC(C(=O)Cc1ccc2c(c1)CC(=O)C(C)(C)O2)n1cc(OC)c(-c2cc(Cl)ccc2C(C)=O)cc1=O. The smallest absolute Gasteiger partial charge is 0.252 e. The number of rotatable bonds is 10. The summed E-state index contributed by atoms with van der Waals surface area (Å²) in [6.07, 6.45) is 2.01. The van der Waals surface area contributed by atoms with Gasteiger partial charge in [-0.1, -0.05) is 23.7 Å². The summed E-state index contributed by atoms with van der Waals surface area (Å²) in [5.41, 5.74) is 1.37. The molecule has 0 fully saturated rings. The summed E-state index contributed by atoms with van der Waals surface area (Å²) in [6.45, 7) is 5.15. The Bertz CT molecular complexity index is 1540. The van der Waals surface area contributed by atoms with Gasteiger partial charge in [-0.25, -0.2) is 0 Å². The number of fused-ring (bicyclic) bond motifs is 1. The van der Waals surface area contributed by atoms with Crippen LogP contribution in [0.4, 0.5) is 0 Å². The first-order valence-corrected chi connectivity index (χ1v) is 13.3. The summed E-state index contributed by atoms with van der Waals surface area (Å²) in [7, 11) is 2.98. The molecule has 2 aromatic carbocycles. The number of benzene rings is 2. The molecule has 3 aromatic rings. The molecule has 0 N–H and O–H groups in total. The first kappa shape index (κ1) is 29.2. The van der Waals surface area contributed by atoms with E-state index >= 15 is 0 Å². The predicted molar refractivity (Wildman–Crippen MR) is 152 cm³/mol. The highest BCUT2D eigenvalue weighted by Gasteiger charge is 2.35. The maximum Gasteiger partial charge on any atom is 0.252 e. The summed E-state index contributed by atoms with van der Waals surface area (Å²) < 4.78 is 18.0. The molecule has 0 bridgehead atoms. The molecule has 1 atom stereocenters. The van der Waals surface area contributed by atoms with Crippen LogP contribution in [0.15, 0.2) is 53.5 Å². The van der Waals surface area contributed by atoms with Crippen LogP contribution in [0, 0.1) is 0 Å². The zero-order valence-corrected chi connectivity index (χ0v) is 24.0. The average molecular weight is 566 g/mol. The lowest BCUT2D eigenvalue weighted by atomic mass is 9.91. The molecule has 0 spiro atoms. The molecule has 0 saturated carbocycles. The second-order valence-electron chi connectivity index (χ2n) is 10.3. The maximum absolute atomic E-state index is 13.6. The van der Waals surface area contributed by atoms with Gasteiger partial charge in [0.25, 0.3) is 5.56 Å². The van der Waals surface area contributed by atoms with Crippen molar-refractivity contribution in [2.45, 2.75) is 51.7 Å². The Kier molecular flexibility index (Phi) is 8.61. The largest absolute Gasteiger partial charge is 0.495 e. The van der Waals surface area contributed by atoms with Crippen molar-refractivity contribution < 1.29 is 28.6 Å². The van der Waals surface area contributed by atoms with E-state index in [1.165, 1.54) is 38.0 Å². The third-order valence-corrected chi connectivity index (χ3v) is 7.34. The molecular weight excluding hydrogens is 534 g/mol. The normalized spacial score (nSPS) is 14.7. The number of carbonyl (C=O) groups is 3. The van der Waals surface area contributed by atoms with Crippen LogP contribution in [-0.4, -0.2) is 48.3 Å². The fraction of sp³-hybridized carbons (Fsp3) is 0.355. The summed E-state index contributed by atoms with van der Waals surface area (Å²) in [5, 5.41) is 0.403. The molecule has 2 heterocycles. The second-order valence-corrected chi connectivity index (χ2v) is 10.8. The molecule has 4 rings (SSSR count). The third kappa shape index (κ3) is 6.03. The van der Waals surface area contributed by atoms with Crippen LogP contribution in [0.2, 0.25) is 5.02 Å². The number of hydrogen-bond donors (Lipinski definition) is 0. The Balaban J connectivity index is 1.70. The number of hydrogen-bond acceptors (Lipinski definition) is 7. The molecule has 0 aliphatic carbocycles. The van der Waals surface area contributed by atoms with Gasteiger partial charge in [0.2, 0.25) is 0 Å². The molecule has 1 aromatic heterocycles. The molecule has 0 amide bonds. The van der Waals surface area contributed by atoms with Crippen LogP contribution in [0.1, 0.15) is 54.7 Å². The third-order valence-electron chi connectivity index (χ3n) is 7.11. The number of aromatic nitrogens is 1. The van der Waals surface area contributed by atoms with Crippen molar-refractivity contribution in [2.75, 3.05) is 20.8 Å². The topological polar surface area (TPSA) is 101 Å². The Labute approximate surface area is 237 Å². The van der Waals surface area contributed by atoms with Crippen molar-refractivity contribution in [1.29, 1.82) is 0 Å². The monoisotopic (exact) mass is 565 g/mol. The van der Waals surface area contributed by atoms with E-state index in [4.69, 9.17) is 25.8 Å². The highest BCUT2D eigenvalue weighted by Crippen LogP contribution is 2.35. The molecular formula is C31H32ClNO7. The van der Waals surface area contributed by atoms with Gasteiger partial charge < -0.3 is 18.8 Å². The van der Waals surface area contributed by atoms with Crippen LogP contribution in [0.3, 0.4) is 0 Å². The maximum atomic E-state index is 13.6. The number of nitrogens with zero attached hydrogens (tertiary/aromatic N) is 1. The van der Waals surface area contributed by atoms with Crippen LogP contribution in [-0.2, 0) is 27.2 Å². The van der Waals surface area contributed by atoms with E-state index in [-0.39, 0.29) is 43.2 Å². The lowest BCUT2D eigenvalue weighted by Gasteiger charge is -2.31. The first-order chi connectivity index (χ1) is 18.9. The minimum absolute atomic E-state index is 0.0344. The van der Waals surface area contributed by atoms with E-state index in [1.807, 2.05) is 6.07 Å². The van der Waals surface area contributed by atoms with Crippen LogP contribution >= 0.6 is 11.6 Å². The van der Waals surface area contributed by atoms with Gasteiger partial charge in [0.05, 0.1) is 19.3 Å². The standard InChI is InChI=1S/C31H32ClNO7/c1-18(34)22-8-7-21(32)15-23(22)24-16-30(37)33(17-28(24)39-5)25(10-11-38-4)26(35)13-19-6-9-27-20(12-19)14-29(36)31(2,3)40-27/h6-9,12,15-17,25H,10-11,13-14H2,1-5H3. The van der Waals surface area contributed by atoms with Crippen molar-refractivity contribution in [3.05, 3.63) is 80.7 Å². The van der Waals surface area contributed by atoms with Crippen molar-refractivity contribution in [3.8, 4) is 22.6 Å². The van der Waals surface area contributed by atoms with Crippen LogP contribution in [0.25, 0.3) is 11.1 Å². The van der Waals surface area contributed by atoms with Crippen molar-refractivity contribution >= 4 is 29.0 Å². The highest BCUT2D eigenvalue weighted by molar-refractivity contribution is 6.31. The van der Waals surface area contributed by atoms with E-state index in [0.29, 0.717) is 38.8 Å². The Hall–Kier alpha value is -3.75. The van der Waals surface area contributed by atoms with Gasteiger partial charge in [-0.2, -0.15) is 0 Å². The van der Waals surface area contributed by atoms with E-state index < -0.39 is 17.2 Å². The summed E-state index contributed by atoms with van der Waals surface area (Å²) >= 11 is 6.21. The molecule has 1 aliphatic rings. The quantitative estimate of drug-likeness (QED) is 0.317. The zero-order chi connectivity index (χ0) is 29.2. The molecule has 1 aliphatic heterocycles. The van der Waals surface area contributed by atoms with E-state index in [0.717, 1.165) is 5.56 Å². The zero-order valence-electron chi connectivity index (χ0n) is 23.2. The predicted octanol–water partition coefficient (Wildman–Crippen LogP) is 5.05. The van der Waals surface area contributed by atoms with E-state index in [1.54, 1.807) is 44.2 Å². The number of halogens is 1.